The number of unbranched alkanes of at least 4 members (excludes halogenated alkanes) is 14. The maximum Gasteiger partial charge on any atom is 0.303 e. The predicted molar refractivity (Wildman–Crippen MR) is 99.6 cm³/mol. The van der Waals surface area contributed by atoms with Crippen molar-refractivity contribution < 1.29 is 9.90 Å². The van der Waals surface area contributed by atoms with E-state index in [0.717, 1.165) is 25.7 Å². The lowest BCUT2D eigenvalue weighted by Crippen LogP contribution is -1.93. The van der Waals surface area contributed by atoms with E-state index < -0.39 is 5.97 Å². The topological polar surface area (TPSA) is 37.3 Å². The third kappa shape index (κ3) is 21.0. The van der Waals surface area contributed by atoms with Crippen LogP contribution in [0, 0.1) is 11.8 Å². The quantitative estimate of drug-likeness (QED) is 0.253. The maximum atomic E-state index is 10.4. The first-order chi connectivity index (χ1) is 11.3. The van der Waals surface area contributed by atoms with Gasteiger partial charge in [0.2, 0.25) is 0 Å². The zero-order valence-corrected chi connectivity index (χ0v) is 15.4. The van der Waals surface area contributed by atoms with Crippen LogP contribution < -0.4 is 0 Å². The molecule has 23 heavy (non-hydrogen) atoms. The van der Waals surface area contributed by atoms with E-state index in [9.17, 15) is 4.79 Å². The van der Waals surface area contributed by atoms with Crippen molar-refractivity contribution in [1.29, 1.82) is 0 Å². The van der Waals surface area contributed by atoms with Gasteiger partial charge in [0, 0.05) is 19.3 Å². The second-order valence-electron chi connectivity index (χ2n) is 6.59. The van der Waals surface area contributed by atoms with Crippen LogP contribution in [0.5, 0.6) is 0 Å². The van der Waals surface area contributed by atoms with Gasteiger partial charge in [-0.3, -0.25) is 4.79 Å². The molecular weight excluding hydrogens is 284 g/mol. The van der Waals surface area contributed by atoms with Crippen molar-refractivity contribution in [3.8, 4) is 11.8 Å². The molecule has 0 aromatic heterocycles. The zero-order chi connectivity index (χ0) is 17.0. The monoisotopic (exact) mass is 322 g/mol. The smallest absolute Gasteiger partial charge is 0.303 e. The molecule has 1 N–H and O–H groups in total. The standard InChI is InChI=1S/C21H38O2/c1-2-3-4-5-6-7-8-9-10-11-12-13-14-15-16-17-18-19-20-21(22)23/h2-10,13-20H2,1H3,(H,22,23). The summed E-state index contributed by atoms with van der Waals surface area (Å²) >= 11 is 0. The van der Waals surface area contributed by atoms with E-state index in [0.29, 0.717) is 6.42 Å². The molecule has 0 unspecified atom stereocenters. The Morgan fingerprint density at radius 2 is 1.04 bits per heavy atom. The molecule has 0 aliphatic rings. The summed E-state index contributed by atoms with van der Waals surface area (Å²) in [6.07, 6.45) is 20.1. The van der Waals surface area contributed by atoms with Crippen LogP contribution in [0.25, 0.3) is 0 Å². The van der Waals surface area contributed by atoms with Crippen molar-refractivity contribution in [2.45, 2.75) is 116 Å². The molecule has 134 valence electrons. The fourth-order valence-electron chi connectivity index (χ4n) is 2.72. The normalized spacial score (nSPS) is 10.3. The highest BCUT2D eigenvalue weighted by atomic mass is 16.4. The molecule has 2 nitrogen and oxygen atoms in total. The molecule has 0 saturated carbocycles. The van der Waals surface area contributed by atoms with Crippen LogP contribution >= 0.6 is 0 Å². The van der Waals surface area contributed by atoms with E-state index in [2.05, 4.69) is 18.8 Å². The third-order valence-electron chi connectivity index (χ3n) is 4.22. The highest BCUT2D eigenvalue weighted by Gasteiger charge is 1.96. The van der Waals surface area contributed by atoms with Crippen molar-refractivity contribution in [2.24, 2.45) is 0 Å². The van der Waals surface area contributed by atoms with Crippen LogP contribution in [0.2, 0.25) is 0 Å². The SMILES string of the molecule is CCCCCCCCCCC#CCCCCCCCCC(=O)O. The molecule has 0 spiro atoms. The fraction of sp³-hybridized carbons (Fsp3) is 0.857. The van der Waals surface area contributed by atoms with Gasteiger partial charge in [-0.05, 0) is 19.3 Å². The molecular formula is C21H38O2. The summed E-state index contributed by atoms with van der Waals surface area (Å²) in [6.45, 7) is 2.27. The molecule has 0 aromatic carbocycles. The Bertz CT molecular complexity index is 312. The Morgan fingerprint density at radius 3 is 1.48 bits per heavy atom. The molecule has 0 amide bonds. The van der Waals surface area contributed by atoms with Gasteiger partial charge in [-0.15, -0.1) is 11.8 Å². The molecule has 0 bridgehead atoms. The van der Waals surface area contributed by atoms with Crippen molar-refractivity contribution in [3.63, 3.8) is 0 Å². The highest BCUT2D eigenvalue weighted by Crippen LogP contribution is 2.10. The second-order valence-corrected chi connectivity index (χ2v) is 6.59. The second kappa shape index (κ2) is 19.1. The lowest BCUT2D eigenvalue weighted by atomic mass is 10.1. The van der Waals surface area contributed by atoms with Gasteiger partial charge in [-0.2, -0.15) is 0 Å². The molecule has 0 rings (SSSR count). The summed E-state index contributed by atoms with van der Waals surface area (Å²) in [6, 6.07) is 0. The van der Waals surface area contributed by atoms with Gasteiger partial charge in [0.15, 0.2) is 0 Å². The molecule has 0 radical (unpaired) electrons. The van der Waals surface area contributed by atoms with Crippen LogP contribution in [0.4, 0.5) is 0 Å². The predicted octanol–water partition coefficient (Wildman–Crippen LogP) is 6.73. The summed E-state index contributed by atoms with van der Waals surface area (Å²) in [5.74, 6) is 5.93. The molecule has 2 heteroatoms. The Morgan fingerprint density at radius 1 is 0.652 bits per heavy atom. The van der Waals surface area contributed by atoms with Gasteiger partial charge in [0.05, 0.1) is 0 Å². The van der Waals surface area contributed by atoms with Crippen LogP contribution in [-0.2, 0) is 4.79 Å². The van der Waals surface area contributed by atoms with Crippen molar-refractivity contribution in [3.05, 3.63) is 0 Å². The zero-order valence-electron chi connectivity index (χ0n) is 15.4. The average Bonchev–Trinajstić information content (AvgIpc) is 2.53. The molecule has 0 aliphatic heterocycles. The van der Waals surface area contributed by atoms with E-state index >= 15 is 0 Å². The summed E-state index contributed by atoms with van der Waals surface area (Å²) in [5.41, 5.74) is 0. The Balaban J connectivity index is 3.11. The van der Waals surface area contributed by atoms with E-state index in [1.807, 2.05) is 0 Å². The van der Waals surface area contributed by atoms with Crippen LogP contribution in [0.1, 0.15) is 116 Å². The van der Waals surface area contributed by atoms with E-state index in [1.54, 1.807) is 0 Å². The Labute approximate surface area is 144 Å². The number of aliphatic carboxylic acids is 1. The van der Waals surface area contributed by atoms with Crippen LogP contribution in [0.15, 0.2) is 0 Å². The van der Waals surface area contributed by atoms with Crippen molar-refractivity contribution in [2.75, 3.05) is 0 Å². The van der Waals surface area contributed by atoms with E-state index in [4.69, 9.17) is 5.11 Å². The molecule has 0 fully saturated rings. The fourth-order valence-corrected chi connectivity index (χ4v) is 2.72. The minimum Gasteiger partial charge on any atom is -0.481 e. The largest absolute Gasteiger partial charge is 0.481 e. The van der Waals surface area contributed by atoms with Crippen LogP contribution in [-0.4, -0.2) is 11.1 Å². The van der Waals surface area contributed by atoms with Gasteiger partial charge in [-0.25, -0.2) is 0 Å². The number of carboxylic acid groups (broad SMARTS) is 1. The lowest BCUT2D eigenvalue weighted by Gasteiger charge is -1.99. The number of carboxylic acids is 1. The molecule has 0 aromatic rings. The van der Waals surface area contributed by atoms with Crippen LogP contribution in [0.3, 0.4) is 0 Å². The molecule has 0 heterocycles. The maximum absolute atomic E-state index is 10.4. The minimum atomic E-state index is -0.670. The minimum absolute atomic E-state index is 0.324. The number of hydrogen-bond donors (Lipinski definition) is 1. The van der Waals surface area contributed by atoms with E-state index in [-0.39, 0.29) is 0 Å². The molecule has 0 aliphatic carbocycles. The first-order valence-electron chi connectivity index (χ1n) is 9.95. The summed E-state index contributed by atoms with van der Waals surface area (Å²) in [4.78, 5) is 10.4. The summed E-state index contributed by atoms with van der Waals surface area (Å²) in [7, 11) is 0. The number of hydrogen-bond acceptors (Lipinski definition) is 1. The summed E-state index contributed by atoms with van der Waals surface area (Å²) in [5, 5.41) is 8.53. The van der Waals surface area contributed by atoms with Crippen molar-refractivity contribution in [1.82, 2.24) is 0 Å². The first kappa shape index (κ1) is 22.0. The van der Waals surface area contributed by atoms with Gasteiger partial charge in [0.1, 0.15) is 0 Å². The number of rotatable bonds is 16. The molecule has 0 atom stereocenters. The Kier molecular flexibility index (Phi) is 18.3. The number of carbonyl (C=O) groups is 1. The third-order valence-corrected chi connectivity index (χ3v) is 4.22. The van der Waals surface area contributed by atoms with Gasteiger partial charge in [0.25, 0.3) is 0 Å². The lowest BCUT2D eigenvalue weighted by molar-refractivity contribution is -0.137. The van der Waals surface area contributed by atoms with Gasteiger partial charge < -0.3 is 5.11 Å². The average molecular weight is 323 g/mol. The summed E-state index contributed by atoms with van der Waals surface area (Å²) < 4.78 is 0. The highest BCUT2D eigenvalue weighted by molar-refractivity contribution is 5.66. The molecule has 0 saturated heterocycles. The van der Waals surface area contributed by atoms with E-state index in [1.165, 1.54) is 77.0 Å². The first-order valence-corrected chi connectivity index (χ1v) is 9.95. The van der Waals surface area contributed by atoms with Crippen molar-refractivity contribution >= 4 is 5.97 Å². The Hall–Kier alpha value is -0.970. The van der Waals surface area contributed by atoms with Gasteiger partial charge >= 0.3 is 5.97 Å². The van der Waals surface area contributed by atoms with Gasteiger partial charge in [-0.1, -0.05) is 77.6 Å².